The highest BCUT2D eigenvalue weighted by molar-refractivity contribution is 5.85. The van der Waals surface area contributed by atoms with E-state index in [9.17, 15) is 4.79 Å². The van der Waals surface area contributed by atoms with Crippen LogP contribution in [0.1, 0.15) is 25.7 Å². The van der Waals surface area contributed by atoms with Crippen LogP contribution < -0.4 is 15.0 Å². The van der Waals surface area contributed by atoms with Crippen LogP contribution in [-0.2, 0) is 4.79 Å². The lowest BCUT2D eigenvalue weighted by Gasteiger charge is -2.34. The number of hydrogen-bond donors (Lipinski definition) is 1. The lowest BCUT2D eigenvalue weighted by molar-refractivity contribution is -0.136. The molecule has 4 heterocycles. The molecule has 3 fully saturated rings. The number of anilines is 1. The summed E-state index contributed by atoms with van der Waals surface area (Å²) >= 11 is 0. The van der Waals surface area contributed by atoms with E-state index in [0.717, 1.165) is 76.8 Å². The summed E-state index contributed by atoms with van der Waals surface area (Å²) < 4.78 is 5.18. The van der Waals surface area contributed by atoms with Gasteiger partial charge in [0.2, 0.25) is 17.7 Å². The Labute approximate surface area is 179 Å². The van der Waals surface area contributed by atoms with Gasteiger partial charge in [0.05, 0.1) is 7.11 Å². The molecule has 0 unspecified atom stereocenters. The number of nitrogens with one attached hydrogen (secondary N) is 1. The minimum Gasteiger partial charge on any atom is -0.481 e. The first-order chi connectivity index (χ1) is 12.7. The zero-order chi connectivity index (χ0) is 17.9. The van der Waals surface area contributed by atoms with E-state index in [1.807, 2.05) is 0 Å². The molecule has 3 aliphatic rings. The molecule has 4 rings (SSSR count). The summed E-state index contributed by atoms with van der Waals surface area (Å²) in [5.41, 5.74) is 0. The van der Waals surface area contributed by atoms with E-state index in [2.05, 4.69) is 25.1 Å². The van der Waals surface area contributed by atoms with E-state index in [-0.39, 0.29) is 30.7 Å². The first kappa shape index (κ1) is 23.0. The first-order valence-electron chi connectivity index (χ1n) is 9.86. The average molecular weight is 432 g/mol. The van der Waals surface area contributed by atoms with Crippen molar-refractivity contribution in [1.29, 1.82) is 0 Å². The van der Waals surface area contributed by atoms with Crippen LogP contribution in [0.15, 0.2) is 12.3 Å². The van der Waals surface area contributed by atoms with Crippen molar-refractivity contribution in [3.63, 3.8) is 0 Å². The molecule has 1 aromatic heterocycles. The molecule has 0 aromatic carbocycles. The van der Waals surface area contributed by atoms with Gasteiger partial charge in [0, 0.05) is 44.4 Å². The number of halogens is 2. The number of piperidine rings is 1. The maximum Gasteiger partial charge on any atom is 0.228 e. The summed E-state index contributed by atoms with van der Waals surface area (Å²) in [4.78, 5) is 26.1. The van der Waals surface area contributed by atoms with Gasteiger partial charge >= 0.3 is 0 Å². The summed E-state index contributed by atoms with van der Waals surface area (Å²) in [6.45, 7) is 5.78. The highest BCUT2D eigenvalue weighted by atomic mass is 35.5. The van der Waals surface area contributed by atoms with Gasteiger partial charge in [-0.2, -0.15) is 4.98 Å². The van der Waals surface area contributed by atoms with E-state index in [1.165, 1.54) is 0 Å². The number of fused-ring (bicyclic) bond motifs is 1. The number of methoxy groups -OCH3 is 1. The maximum atomic E-state index is 13.0. The average Bonchev–Trinajstić information content (AvgIpc) is 3.06. The largest absolute Gasteiger partial charge is 0.481 e. The van der Waals surface area contributed by atoms with Crippen LogP contribution in [0.25, 0.3) is 0 Å². The number of ether oxygens (including phenoxy) is 1. The fourth-order valence-corrected chi connectivity index (χ4v) is 4.62. The van der Waals surface area contributed by atoms with Gasteiger partial charge in [0.15, 0.2) is 0 Å². The Balaban J connectivity index is 0.00000140. The number of hydrogen-bond acceptors (Lipinski definition) is 6. The molecular formula is C19H31Cl2N5O2. The Hall–Kier alpha value is -1.31. The van der Waals surface area contributed by atoms with Crippen LogP contribution in [0.5, 0.6) is 5.88 Å². The molecule has 158 valence electrons. The fourth-order valence-electron chi connectivity index (χ4n) is 4.62. The molecule has 0 spiro atoms. The fraction of sp³-hybridized carbons (Fsp3) is 0.737. The van der Waals surface area contributed by atoms with E-state index in [4.69, 9.17) is 4.74 Å². The summed E-state index contributed by atoms with van der Waals surface area (Å²) in [7, 11) is 1.61. The lowest BCUT2D eigenvalue weighted by Crippen LogP contribution is -2.43. The molecule has 0 bridgehead atoms. The summed E-state index contributed by atoms with van der Waals surface area (Å²) in [5, 5.41) is 3.50. The number of nitrogens with zero attached hydrogens (tertiary/aromatic N) is 4. The van der Waals surface area contributed by atoms with Gasteiger partial charge in [0.1, 0.15) is 0 Å². The zero-order valence-electron chi connectivity index (χ0n) is 16.4. The standard InChI is InChI=1S/C19H29N5O2.2ClH/c1-26-17-2-7-21-19(22-17)24-10-3-14(4-11-24)18(25)23-8-5-15-12-20-13-16(15)6-9-23;;/h2,7,14-16,20H,3-6,8-13H2,1H3;2*1H/t15-,16+;;. The van der Waals surface area contributed by atoms with Gasteiger partial charge < -0.3 is 19.9 Å². The predicted octanol–water partition coefficient (Wildman–Crippen LogP) is 2.00. The Morgan fingerprint density at radius 1 is 1.07 bits per heavy atom. The molecular weight excluding hydrogens is 401 g/mol. The molecule has 1 N–H and O–H groups in total. The van der Waals surface area contributed by atoms with Gasteiger partial charge in [-0.05, 0) is 50.6 Å². The summed E-state index contributed by atoms with van der Waals surface area (Å²) in [6, 6.07) is 1.75. The van der Waals surface area contributed by atoms with Crippen LogP contribution in [0.2, 0.25) is 0 Å². The van der Waals surface area contributed by atoms with Crippen molar-refractivity contribution in [2.45, 2.75) is 25.7 Å². The van der Waals surface area contributed by atoms with Crippen molar-refractivity contribution >= 4 is 36.7 Å². The Morgan fingerprint density at radius 2 is 1.71 bits per heavy atom. The monoisotopic (exact) mass is 431 g/mol. The third-order valence-electron chi connectivity index (χ3n) is 6.28. The third-order valence-corrected chi connectivity index (χ3v) is 6.28. The molecule has 2 atom stereocenters. The van der Waals surface area contributed by atoms with Crippen molar-refractivity contribution in [2.75, 3.05) is 51.3 Å². The van der Waals surface area contributed by atoms with E-state index in [0.29, 0.717) is 17.7 Å². The molecule has 1 aromatic rings. The van der Waals surface area contributed by atoms with Gasteiger partial charge in [0.25, 0.3) is 0 Å². The number of carbonyl (C=O) groups is 1. The zero-order valence-corrected chi connectivity index (χ0v) is 18.0. The summed E-state index contributed by atoms with van der Waals surface area (Å²) in [6.07, 6.45) is 5.79. The van der Waals surface area contributed by atoms with E-state index >= 15 is 0 Å². The van der Waals surface area contributed by atoms with Crippen molar-refractivity contribution in [2.24, 2.45) is 17.8 Å². The minimum atomic E-state index is 0. The normalized spacial score (nSPS) is 25.2. The molecule has 0 saturated carbocycles. The second-order valence-corrected chi connectivity index (χ2v) is 7.74. The van der Waals surface area contributed by atoms with Crippen molar-refractivity contribution in [3.8, 4) is 5.88 Å². The van der Waals surface area contributed by atoms with Crippen LogP contribution in [0.4, 0.5) is 5.95 Å². The number of aromatic nitrogens is 2. The van der Waals surface area contributed by atoms with Gasteiger partial charge in [-0.15, -0.1) is 24.8 Å². The molecule has 7 nitrogen and oxygen atoms in total. The SMILES string of the molecule is COc1ccnc(N2CCC(C(=O)N3CC[C@@H]4CNC[C@@H]4CC3)CC2)n1.Cl.Cl. The van der Waals surface area contributed by atoms with Crippen LogP contribution >= 0.6 is 24.8 Å². The topological polar surface area (TPSA) is 70.6 Å². The van der Waals surface area contributed by atoms with Crippen molar-refractivity contribution in [3.05, 3.63) is 12.3 Å². The van der Waals surface area contributed by atoms with Crippen molar-refractivity contribution < 1.29 is 9.53 Å². The molecule has 0 radical (unpaired) electrons. The second-order valence-electron chi connectivity index (χ2n) is 7.74. The Bertz CT molecular complexity index is 629. The predicted molar refractivity (Wildman–Crippen MR) is 114 cm³/mol. The van der Waals surface area contributed by atoms with Crippen LogP contribution in [-0.4, -0.2) is 67.2 Å². The summed E-state index contributed by atoms with van der Waals surface area (Å²) in [5.74, 6) is 3.32. The number of amides is 1. The first-order valence-corrected chi connectivity index (χ1v) is 9.86. The Kier molecular flexibility index (Phi) is 8.58. The maximum absolute atomic E-state index is 13.0. The third kappa shape index (κ3) is 4.99. The van der Waals surface area contributed by atoms with Gasteiger partial charge in [-0.1, -0.05) is 0 Å². The molecule has 1 amide bonds. The smallest absolute Gasteiger partial charge is 0.228 e. The van der Waals surface area contributed by atoms with Crippen molar-refractivity contribution in [1.82, 2.24) is 20.2 Å². The van der Waals surface area contributed by atoms with Gasteiger partial charge in [-0.3, -0.25) is 4.79 Å². The van der Waals surface area contributed by atoms with Crippen LogP contribution in [0.3, 0.4) is 0 Å². The molecule has 28 heavy (non-hydrogen) atoms. The number of rotatable bonds is 3. The lowest BCUT2D eigenvalue weighted by atomic mass is 9.92. The molecule has 3 aliphatic heterocycles. The second kappa shape index (κ2) is 10.5. The highest BCUT2D eigenvalue weighted by Crippen LogP contribution is 2.29. The molecule has 3 saturated heterocycles. The molecule has 9 heteroatoms. The molecule has 0 aliphatic carbocycles. The number of likely N-dealkylation sites (tertiary alicyclic amines) is 1. The quantitative estimate of drug-likeness (QED) is 0.788. The minimum absolute atomic E-state index is 0. The van der Waals surface area contributed by atoms with Crippen LogP contribution in [0, 0.1) is 17.8 Å². The Morgan fingerprint density at radius 3 is 2.32 bits per heavy atom. The van der Waals surface area contributed by atoms with Gasteiger partial charge in [-0.25, -0.2) is 4.98 Å². The highest BCUT2D eigenvalue weighted by Gasteiger charge is 2.34. The van der Waals surface area contributed by atoms with E-state index < -0.39 is 0 Å². The number of carbonyl (C=O) groups excluding carboxylic acids is 1. The van der Waals surface area contributed by atoms with E-state index in [1.54, 1.807) is 19.4 Å².